The number of carbonyl (C=O) groups is 2. The standard InChI is InChI=1S/C17H21F3N2O2/c1-4-7-21-10-15(23)22(12(3)16(21)24)9-13-8-14(17(18,19)20)6-5-11(13)2/h5-6,8,12H,4,7,9-10H2,1-3H3/t12-/m0/s1. The molecule has 0 N–H and O–H groups in total. The zero-order valence-corrected chi connectivity index (χ0v) is 14.0. The summed E-state index contributed by atoms with van der Waals surface area (Å²) < 4.78 is 38.7. The van der Waals surface area contributed by atoms with Crippen molar-refractivity contribution in [1.82, 2.24) is 9.80 Å². The van der Waals surface area contributed by atoms with Crippen LogP contribution in [-0.4, -0.2) is 40.7 Å². The molecule has 1 atom stereocenters. The second-order valence-electron chi connectivity index (χ2n) is 6.10. The van der Waals surface area contributed by atoms with Gasteiger partial charge in [-0.3, -0.25) is 9.59 Å². The number of alkyl halides is 3. The molecule has 1 aliphatic rings. The van der Waals surface area contributed by atoms with Gasteiger partial charge < -0.3 is 9.80 Å². The molecule has 1 aromatic carbocycles. The number of halogens is 3. The lowest BCUT2D eigenvalue weighted by Gasteiger charge is -2.39. The fourth-order valence-corrected chi connectivity index (χ4v) is 2.83. The van der Waals surface area contributed by atoms with Crippen molar-refractivity contribution in [3.05, 3.63) is 34.9 Å². The average molecular weight is 342 g/mol. The first kappa shape index (κ1) is 18.3. The van der Waals surface area contributed by atoms with Crippen molar-refractivity contribution >= 4 is 11.8 Å². The number of piperazine rings is 1. The molecular formula is C17H21F3N2O2. The van der Waals surface area contributed by atoms with E-state index in [0.717, 1.165) is 18.6 Å². The summed E-state index contributed by atoms with van der Waals surface area (Å²) >= 11 is 0. The molecule has 0 saturated carbocycles. The van der Waals surface area contributed by atoms with Gasteiger partial charge in [0.2, 0.25) is 11.8 Å². The van der Waals surface area contributed by atoms with Gasteiger partial charge in [0.05, 0.1) is 12.1 Å². The Labute approximate surface area is 139 Å². The third-order valence-electron chi connectivity index (χ3n) is 4.29. The minimum Gasteiger partial charge on any atom is -0.332 e. The Balaban J connectivity index is 2.25. The van der Waals surface area contributed by atoms with Crippen molar-refractivity contribution in [3.8, 4) is 0 Å². The van der Waals surface area contributed by atoms with E-state index < -0.39 is 17.8 Å². The van der Waals surface area contributed by atoms with Crippen LogP contribution >= 0.6 is 0 Å². The number of benzene rings is 1. The van der Waals surface area contributed by atoms with E-state index in [4.69, 9.17) is 0 Å². The molecule has 2 amide bonds. The van der Waals surface area contributed by atoms with Gasteiger partial charge in [-0.05, 0) is 43.5 Å². The molecule has 1 aromatic rings. The normalized spacial score (nSPS) is 19.2. The number of hydrogen-bond acceptors (Lipinski definition) is 2. The quantitative estimate of drug-likeness (QED) is 0.844. The lowest BCUT2D eigenvalue weighted by Crippen LogP contribution is -2.58. The summed E-state index contributed by atoms with van der Waals surface area (Å²) in [6.45, 7) is 5.72. The van der Waals surface area contributed by atoms with Crippen LogP contribution in [0.2, 0.25) is 0 Å². The maximum atomic E-state index is 12.9. The van der Waals surface area contributed by atoms with Crippen LogP contribution in [0.1, 0.15) is 37.0 Å². The second-order valence-corrected chi connectivity index (χ2v) is 6.10. The molecule has 0 aliphatic carbocycles. The summed E-state index contributed by atoms with van der Waals surface area (Å²) in [5.74, 6) is -0.409. The molecule has 4 nitrogen and oxygen atoms in total. The number of hydrogen-bond donors (Lipinski definition) is 0. The summed E-state index contributed by atoms with van der Waals surface area (Å²) in [5, 5.41) is 0. The van der Waals surface area contributed by atoms with Crippen molar-refractivity contribution in [3.63, 3.8) is 0 Å². The zero-order valence-electron chi connectivity index (χ0n) is 14.0. The fourth-order valence-electron chi connectivity index (χ4n) is 2.83. The maximum Gasteiger partial charge on any atom is 0.416 e. The van der Waals surface area contributed by atoms with E-state index in [9.17, 15) is 22.8 Å². The van der Waals surface area contributed by atoms with Crippen molar-refractivity contribution in [2.75, 3.05) is 13.1 Å². The van der Waals surface area contributed by atoms with Crippen LogP contribution in [0, 0.1) is 6.92 Å². The molecule has 0 unspecified atom stereocenters. The third-order valence-corrected chi connectivity index (χ3v) is 4.29. The predicted molar refractivity (Wildman–Crippen MR) is 83.1 cm³/mol. The Bertz CT molecular complexity index is 643. The number of aryl methyl sites for hydroxylation is 1. The fraction of sp³-hybridized carbons (Fsp3) is 0.529. The summed E-state index contributed by atoms with van der Waals surface area (Å²) in [5.41, 5.74) is 0.312. The summed E-state index contributed by atoms with van der Waals surface area (Å²) in [6, 6.07) is 2.79. The highest BCUT2D eigenvalue weighted by atomic mass is 19.4. The van der Waals surface area contributed by atoms with Crippen molar-refractivity contribution in [2.24, 2.45) is 0 Å². The molecule has 1 fully saturated rings. The molecule has 132 valence electrons. The Morgan fingerprint density at radius 1 is 1.25 bits per heavy atom. The van der Waals surface area contributed by atoms with Gasteiger partial charge in [-0.15, -0.1) is 0 Å². The Morgan fingerprint density at radius 2 is 1.92 bits per heavy atom. The molecule has 0 radical (unpaired) electrons. The van der Waals surface area contributed by atoms with E-state index in [1.165, 1.54) is 15.9 Å². The number of carbonyl (C=O) groups excluding carboxylic acids is 2. The first-order valence-electron chi connectivity index (χ1n) is 7.90. The van der Waals surface area contributed by atoms with Crippen molar-refractivity contribution in [2.45, 2.75) is 46.0 Å². The SMILES string of the molecule is CCCN1CC(=O)N(Cc2cc(C(F)(F)F)ccc2C)[C@@H](C)C1=O. The van der Waals surface area contributed by atoms with Gasteiger partial charge in [0.25, 0.3) is 0 Å². The molecular weight excluding hydrogens is 321 g/mol. The molecule has 0 bridgehead atoms. The van der Waals surface area contributed by atoms with Crippen molar-refractivity contribution < 1.29 is 22.8 Å². The topological polar surface area (TPSA) is 40.6 Å². The van der Waals surface area contributed by atoms with E-state index in [0.29, 0.717) is 17.7 Å². The first-order valence-corrected chi connectivity index (χ1v) is 7.90. The largest absolute Gasteiger partial charge is 0.416 e. The third kappa shape index (κ3) is 3.71. The van der Waals surface area contributed by atoms with Crippen LogP contribution in [0.3, 0.4) is 0 Å². The molecule has 1 aliphatic heterocycles. The molecule has 2 rings (SSSR count). The number of rotatable bonds is 4. The van der Waals surface area contributed by atoms with Crippen LogP contribution in [-0.2, 0) is 22.3 Å². The van der Waals surface area contributed by atoms with Gasteiger partial charge in [-0.2, -0.15) is 13.2 Å². The second kappa shape index (κ2) is 6.83. The van der Waals surface area contributed by atoms with Crippen LogP contribution in [0.4, 0.5) is 13.2 Å². The van der Waals surface area contributed by atoms with Gasteiger partial charge >= 0.3 is 6.18 Å². The van der Waals surface area contributed by atoms with Crippen LogP contribution < -0.4 is 0 Å². The molecule has 0 spiro atoms. The van der Waals surface area contributed by atoms with Gasteiger partial charge in [-0.25, -0.2) is 0 Å². The Hall–Kier alpha value is -2.05. The van der Waals surface area contributed by atoms with E-state index in [1.54, 1.807) is 13.8 Å². The average Bonchev–Trinajstić information content (AvgIpc) is 2.49. The Kier molecular flexibility index (Phi) is 5.20. The molecule has 24 heavy (non-hydrogen) atoms. The number of nitrogens with zero attached hydrogens (tertiary/aromatic N) is 2. The lowest BCUT2D eigenvalue weighted by atomic mass is 10.0. The summed E-state index contributed by atoms with van der Waals surface area (Å²) in [6.07, 6.45) is -3.69. The number of amides is 2. The molecule has 1 saturated heterocycles. The maximum absolute atomic E-state index is 12.9. The zero-order chi connectivity index (χ0) is 18.1. The van der Waals surface area contributed by atoms with E-state index >= 15 is 0 Å². The Morgan fingerprint density at radius 3 is 2.50 bits per heavy atom. The summed E-state index contributed by atoms with van der Waals surface area (Å²) in [7, 11) is 0. The smallest absolute Gasteiger partial charge is 0.332 e. The minimum absolute atomic E-state index is 0.00145. The van der Waals surface area contributed by atoms with Gasteiger partial charge in [0, 0.05) is 13.1 Å². The lowest BCUT2D eigenvalue weighted by molar-refractivity contribution is -0.155. The first-order chi connectivity index (χ1) is 11.1. The highest BCUT2D eigenvalue weighted by molar-refractivity contribution is 5.94. The van der Waals surface area contributed by atoms with E-state index in [-0.39, 0.29) is 24.9 Å². The van der Waals surface area contributed by atoms with Crippen molar-refractivity contribution in [1.29, 1.82) is 0 Å². The van der Waals surface area contributed by atoms with Gasteiger partial charge in [0.15, 0.2) is 0 Å². The molecule has 0 aromatic heterocycles. The van der Waals surface area contributed by atoms with E-state index in [1.807, 2.05) is 6.92 Å². The van der Waals surface area contributed by atoms with Gasteiger partial charge in [-0.1, -0.05) is 13.0 Å². The van der Waals surface area contributed by atoms with E-state index in [2.05, 4.69) is 0 Å². The monoisotopic (exact) mass is 342 g/mol. The minimum atomic E-state index is -4.44. The molecule has 1 heterocycles. The van der Waals surface area contributed by atoms with Crippen LogP contribution in [0.5, 0.6) is 0 Å². The van der Waals surface area contributed by atoms with Gasteiger partial charge in [0.1, 0.15) is 6.04 Å². The highest BCUT2D eigenvalue weighted by Crippen LogP contribution is 2.31. The summed E-state index contributed by atoms with van der Waals surface area (Å²) in [4.78, 5) is 27.5. The van der Waals surface area contributed by atoms with Crippen LogP contribution in [0.15, 0.2) is 18.2 Å². The predicted octanol–water partition coefficient (Wildman–Crippen LogP) is 2.98. The highest BCUT2D eigenvalue weighted by Gasteiger charge is 2.36. The molecule has 7 heteroatoms. The van der Waals surface area contributed by atoms with Crippen LogP contribution in [0.25, 0.3) is 0 Å².